The molecule has 0 aliphatic rings. The van der Waals surface area contributed by atoms with E-state index in [9.17, 15) is 26.4 Å². The third-order valence-electron chi connectivity index (χ3n) is 5.32. The molecule has 1 aromatic heterocycles. The van der Waals surface area contributed by atoms with E-state index in [1.807, 2.05) is 0 Å². The Hall–Kier alpha value is -3.27. The van der Waals surface area contributed by atoms with Gasteiger partial charge in [0.2, 0.25) is 0 Å². The van der Waals surface area contributed by atoms with Crippen molar-refractivity contribution in [2.45, 2.75) is 30.9 Å². The summed E-state index contributed by atoms with van der Waals surface area (Å²) in [6, 6.07) is 15.0. The highest BCUT2D eigenvalue weighted by Crippen LogP contribution is 2.40. The highest BCUT2D eigenvalue weighted by atomic mass is 32.2. The van der Waals surface area contributed by atoms with E-state index in [2.05, 4.69) is 9.72 Å². The lowest BCUT2D eigenvalue weighted by Crippen LogP contribution is -2.39. The Morgan fingerprint density at radius 1 is 1.00 bits per heavy atom. The van der Waals surface area contributed by atoms with Crippen molar-refractivity contribution in [1.29, 1.82) is 0 Å². The van der Waals surface area contributed by atoms with Crippen LogP contribution in [0.2, 0.25) is 0 Å². The molecule has 6 nitrogen and oxygen atoms in total. The number of esters is 1. The van der Waals surface area contributed by atoms with Gasteiger partial charge in [0, 0.05) is 24.6 Å². The number of hydrogen-bond acceptors (Lipinski definition) is 5. The SMILES string of the molecule is CCOC(=O)Cc1cccc(C(Cc2ccc(OC(F)(F)F)cc2)(c2ccc[nH]2)S(C)(=O)=O)c1. The first-order valence-corrected chi connectivity index (χ1v) is 12.3. The fourth-order valence-corrected chi connectivity index (χ4v) is 5.40. The molecule has 2 aromatic carbocycles. The first-order valence-electron chi connectivity index (χ1n) is 10.4. The maximum Gasteiger partial charge on any atom is 0.573 e. The fraction of sp³-hybridized carbons (Fsp3) is 0.292. The van der Waals surface area contributed by atoms with Crippen molar-refractivity contribution in [2.24, 2.45) is 0 Å². The monoisotopic (exact) mass is 495 g/mol. The minimum absolute atomic E-state index is 0.0320. The molecule has 1 atom stereocenters. The number of ether oxygens (including phenoxy) is 2. The van der Waals surface area contributed by atoms with Crippen molar-refractivity contribution in [3.8, 4) is 5.75 Å². The van der Waals surface area contributed by atoms with Crippen LogP contribution >= 0.6 is 0 Å². The molecule has 3 rings (SSSR count). The van der Waals surface area contributed by atoms with Gasteiger partial charge >= 0.3 is 12.3 Å². The molecular weight excluding hydrogens is 471 g/mol. The molecule has 34 heavy (non-hydrogen) atoms. The van der Waals surface area contributed by atoms with Crippen LogP contribution in [0.5, 0.6) is 5.75 Å². The zero-order valence-corrected chi connectivity index (χ0v) is 19.4. The Bertz CT molecular complexity index is 1220. The van der Waals surface area contributed by atoms with Crippen LogP contribution in [0.25, 0.3) is 0 Å². The summed E-state index contributed by atoms with van der Waals surface area (Å²) >= 11 is 0. The van der Waals surface area contributed by atoms with Gasteiger partial charge in [0.1, 0.15) is 10.5 Å². The molecule has 1 unspecified atom stereocenters. The minimum Gasteiger partial charge on any atom is -0.466 e. The molecule has 1 heterocycles. The summed E-state index contributed by atoms with van der Waals surface area (Å²) < 4.78 is 71.6. The van der Waals surface area contributed by atoms with E-state index in [1.54, 1.807) is 49.5 Å². The molecule has 182 valence electrons. The average molecular weight is 496 g/mol. The number of halogens is 3. The van der Waals surface area contributed by atoms with Crippen molar-refractivity contribution < 1.29 is 35.9 Å². The van der Waals surface area contributed by atoms with E-state index < -0.39 is 32.7 Å². The highest BCUT2D eigenvalue weighted by molar-refractivity contribution is 7.91. The average Bonchev–Trinajstić information content (AvgIpc) is 3.26. The molecule has 0 saturated carbocycles. The molecule has 0 bridgehead atoms. The lowest BCUT2D eigenvalue weighted by atomic mass is 9.87. The van der Waals surface area contributed by atoms with Crippen molar-refractivity contribution in [3.63, 3.8) is 0 Å². The number of rotatable bonds is 9. The number of sulfone groups is 1. The van der Waals surface area contributed by atoms with E-state index in [1.165, 1.54) is 12.1 Å². The summed E-state index contributed by atoms with van der Waals surface area (Å²) in [6.07, 6.45) is -2.23. The van der Waals surface area contributed by atoms with Gasteiger partial charge in [0.15, 0.2) is 9.84 Å². The molecule has 0 amide bonds. The Morgan fingerprint density at radius 3 is 2.26 bits per heavy atom. The van der Waals surface area contributed by atoms with E-state index in [4.69, 9.17) is 4.74 Å². The van der Waals surface area contributed by atoms with Gasteiger partial charge < -0.3 is 14.5 Å². The standard InChI is InChI=1S/C24H24F3NO5S/c1-3-32-22(29)15-18-6-4-7-19(14-18)23(34(2,30)31,21-8-5-13-28-21)16-17-9-11-20(12-10-17)33-24(25,26)27/h4-14,28H,3,15-16H2,1-2H3. The lowest BCUT2D eigenvalue weighted by molar-refractivity contribution is -0.274. The number of nitrogens with one attached hydrogen (secondary N) is 1. The zero-order chi connectivity index (χ0) is 25.0. The number of carbonyl (C=O) groups excluding carboxylic acids is 1. The Balaban J connectivity index is 2.09. The third kappa shape index (κ3) is 5.80. The maximum absolute atomic E-state index is 13.4. The van der Waals surface area contributed by atoms with Gasteiger partial charge in [0.25, 0.3) is 0 Å². The fourth-order valence-electron chi connectivity index (χ4n) is 3.89. The first kappa shape index (κ1) is 25.4. The van der Waals surface area contributed by atoms with Crippen LogP contribution in [0.3, 0.4) is 0 Å². The van der Waals surface area contributed by atoms with Crippen molar-refractivity contribution in [1.82, 2.24) is 4.98 Å². The molecule has 0 saturated heterocycles. The molecule has 1 N–H and O–H groups in total. The van der Waals surface area contributed by atoms with E-state index in [-0.39, 0.29) is 19.4 Å². The molecule has 10 heteroatoms. The van der Waals surface area contributed by atoms with Crippen LogP contribution in [-0.2, 0) is 37.0 Å². The number of benzene rings is 2. The van der Waals surface area contributed by atoms with Crippen LogP contribution < -0.4 is 4.74 Å². The van der Waals surface area contributed by atoms with Crippen molar-refractivity contribution >= 4 is 15.8 Å². The largest absolute Gasteiger partial charge is 0.573 e. The summed E-state index contributed by atoms with van der Waals surface area (Å²) in [4.78, 5) is 15.0. The van der Waals surface area contributed by atoms with Gasteiger partial charge in [-0.1, -0.05) is 36.4 Å². The maximum atomic E-state index is 13.4. The smallest absolute Gasteiger partial charge is 0.466 e. The van der Waals surface area contributed by atoms with Crippen LogP contribution in [0.4, 0.5) is 13.2 Å². The first-order chi connectivity index (χ1) is 15.9. The van der Waals surface area contributed by atoms with E-state index in [0.717, 1.165) is 18.4 Å². The molecule has 0 aliphatic heterocycles. The van der Waals surface area contributed by atoms with Gasteiger partial charge in [-0.25, -0.2) is 8.42 Å². The number of hydrogen-bond donors (Lipinski definition) is 1. The van der Waals surface area contributed by atoms with Crippen LogP contribution in [0.15, 0.2) is 66.9 Å². The Kier molecular flexibility index (Phi) is 7.40. The van der Waals surface area contributed by atoms with Crippen LogP contribution in [-0.4, -0.2) is 38.6 Å². The Morgan fingerprint density at radius 2 is 1.71 bits per heavy atom. The van der Waals surface area contributed by atoms with E-state index >= 15 is 0 Å². The van der Waals surface area contributed by atoms with Gasteiger partial charge in [-0.2, -0.15) is 0 Å². The van der Waals surface area contributed by atoms with Crippen molar-refractivity contribution in [3.05, 3.63) is 89.2 Å². The molecule has 0 radical (unpaired) electrons. The topological polar surface area (TPSA) is 85.5 Å². The third-order valence-corrected chi connectivity index (χ3v) is 7.19. The number of carbonyl (C=O) groups is 1. The van der Waals surface area contributed by atoms with Gasteiger partial charge in [0.05, 0.1) is 13.0 Å². The molecule has 0 aliphatic carbocycles. The number of H-pyrrole nitrogens is 1. The number of aromatic amines is 1. The summed E-state index contributed by atoms with van der Waals surface area (Å²) in [6.45, 7) is 1.92. The van der Waals surface area contributed by atoms with Crippen molar-refractivity contribution in [2.75, 3.05) is 12.9 Å². The highest BCUT2D eigenvalue weighted by Gasteiger charge is 2.45. The zero-order valence-electron chi connectivity index (χ0n) is 18.6. The minimum atomic E-state index is -4.83. The quantitative estimate of drug-likeness (QED) is 0.440. The number of aromatic nitrogens is 1. The summed E-state index contributed by atoms with van der Waals surface area (Å²) in [5.41, 5.74) is 1.85. The lowest BCUT2D eigenvalue weighted by Gasteiger charge is -2.32. The predicted octanol–water partition coefficient (Wildman–Crippen LogP) is 4.55. The second-order valence-electron chi connectivity index (χ2n) is 7.73. The summed E-state index contributed by atoms with van der Waals surface area (Å²) in [7, 11) is -3.85. The number of alkyl halides is 3. The predicted molar refractivity (Wildman–Crippen MR) is 120 cm³/mol. The van der Waals surface area contributed by atoms with E-state index in [0.29, 0.717) is 22.4 Å². The summed E-state index contributed by atoms with van der Waals surface area (Å²) in [5.74, 6) is -0.845. The van der Waals surface area contributed by atoms with Crippen LogP contribution in [0.1, 0.15) is 29.3 Å². The van der Waals surface area contributed by atoms with Gasteiger partial charge in [-0.15, -0.1) is 13.2 Å². The Labute approximate surface area is 195 Å². The summed E-state index contributed by atoms with van der Waals surface area (Å²) in [5, 5.41) is 0. The van der Waals surface area contributed by atoms with Gasteiger partial charge in [-0.05, 0) is 47.9 Å². The second kappa shape index (κ2) is 9.92. The van der Waals surface area contributed by atoms with Crippen LogP contribution in [0, 0.1) is 0 Å². The molecule has 0 fully saturated rings. The second-order valence-corrected chi connectivity index (χ2v) is 9.97. The molecular formula is C24H24F3NO5S. The van der Waals surface area contributed by atoms with Gasteiger partial charge in [-0.3, -0.25) is 4.79 Å². The molecule has 3 aromatic rings. The normalized spacial score (nSPS) is 13.8. The molecule has 0 spiro atoms.